The van der Waals surface area contributed by atoms with Gasteiger partial charge in [-0.15, -0.1) is 0 Å². The Bertz CT molecular complexity index is 1190. The number of carbonyl (C=O) groups excluding carboxylic acids is 1. The molecule has 2 aromatic carbocycles. The summed E-state index contributed by atoms with van der Waals surface area (Å²) in [6.45, 7) is 1.22. The van der Waals surface area contributed by atoms with E-state index in [1.807, 2.05) is 12.1 Å². The highest BCUT2D eigenvalue weighted by molar-refractivity contribution is 7.92. The summed E-state index contributed by atoms with van der Waals surface area (Å²) in [5, 5.41) is 0. The van der Waals surface area contributed by atoms with Crippen molar-refractivity contribution >= 4 is 32.9 Å². The molecule has 0 fully saturated rings. The van der Waals surface area contributed by atoms with Gasteiger partial charge in [-0.2, -0.15) is 0 Å². The van der Waals surface area contributed by atoms with E-state index in [0.717, 1.165) is 31.1 Å². The van der Waals surface area contributed by atoms with Crippen LogP contribution in [0, 0.1) is 0 Å². The van der Waals surface area contributed by atoms with Crippen LogP contribution in [0.2, 0.25) is 0 Å². The third kappa shape index (κ3) is 5.78. The Labute approximate surface area is 200 Å². The standard InChI is InChI=1S/C25H30N2O6S/c1-31-13-14-32-17-33-24-10-8-21(16-23(24)26-34(2,29)30)27-12-11-20-15-19(18-5-3-4-6-18)7-9-22(20)25(27)28/h5,7-10,15-16,26H,3-4,6,11-14,17H2,1-2H3. The van der Waals surface area contributed by atoms with Crippen molar-refractivity contribution < 1.29 is 27.4 Å². The molecule has 0 radical (unpaired) electrons. The summed E-state index contributed by atoms with van der Waals surface area (Å²) in [5.74, 6) is 0.209. The molecule has 34 heavy (non-hydrogen) atoms. The number of benzene rings is 2. The van der Waals surface area contributed by atoms with Crippen molar-refractivity contribution in [3.05, 3.63) is 59.2 Å². The summed E-state index contributed by atoms with van der Waals surface area (Å²) in [6.07, 6.45) is 7.45. The molecule has 1 aliphatic heterocycles. The van der Waals surface area contributed by atoms with Crippen LogP contribution < -0.4 is 14.4 Å². The van der Waals surface area contributed by atoms with Crippen LogP contribution in [0.5, 0.6) is 5.75 Å². The molecular weight excluding hydrogens is 456 g/mol. The molecule has 1 amide bonds. The summed E-state index contributed by atoms with van der Waals surface area (Å²) in [5.41, 5.74) is 5.13. The minimum Gasteiger partial charge on any atom is -0.465 e. The lowest BCUT2D eigenvalue weighted by Crippen LogP contribution is -2.37. The lowest BCUT2D eigenvalue weighted by atomic mass is 9.93. The molecule has 8 nitrogen and oxygen atoms in total. The number of anilines is 2. The first kappa shape index (κ1) is 24.3. The van der Waals surface area contributed by atoms with Crippen LogP contribution in [0.4, 0.5) is 11.4 Å². The number of fused-ring (bicyclic) bond motifs is 1. The second-order valence-corrected chi connectivity index (χ2v) is 10.2. The Morgan fingerprint density at radius 3 is 2.68 bits per heavy atom. The molecule has 1 aliphatic carbocycles. The van der Waals surface area contributed by atoms with Crippen molar-refractivity contribution in [3.8, 4) is 5.75 Å². The molecule has 0 aromatic heterocycles. The molecule has 182 valence electrons. The SMILES string of the molecule is COCCOCOc1ccc(N2CCc3cc(C4=CCCC4)ccc3C2=O)cc1NS(C)(=O)=O. The van der Waals surface area contributed by atoms with Crippen LogP contribution in [0.1, 0.15) is 40.7 Å². The van der Waals surface area contributed by atoms with Gasteiger partial charge >= 0.3 is 0 Å². The zero-order valence-electron chi connectivity index (χ0n) is 19.5. The fourth-order valence-corrected chi connectivity index (χ4v) is 4.82. The Kier molecular flexibility index (Phi) is 7.55. The monoisotopic (exact) mass is 486 g/mol. The van der Waals surface area contributed by atoms with E-state index in [-0.39, 0.29) is 18.4 Å². The Morgan fingerprint density at radius 2 is 1.94 bits per heavy atom. The number of ether oxygens (including phenoxy) is 3. The smallest absolute Gasteiger partial charge is 0.258 e. The minimum atomic E-state index is -3.56. The van der Waals surface area contributed by atoms with Crippen molar-refractivity contribution in [2.75, 3.05) is 49.5 Å². The summed E-state index contributed by atoms with van der Waals surface area (Å²) >= 11 is 0. The average molecular weight is 487 g/mol. The van der Waals surface area contributed by atoms with Crippen LogP contribution >= 0.6 is 0 Å². The fraction of sp³-hybridized carbons (Fsp3) is 0.400. The average Bonchev–Trinajstić information content (AvgIpc) is 3.34. The van der Waals surface area contributed by atoms with Gasteiger partial charge in [0, 0.05) is 24.9 Å². The van der Waals surface area contributed by atoms with Gasteiger partial charge in [-0.05, 0) is 66.6 Å². The molecule has 1 heterocycles. The number of nitrogens with one attached hydrogen (secondary N) is 1. The number of carbonyl (C=O) groups is 1. The first-order valence-corrected chi connectivity index (χ1v) is 13.2. The lowest BCUT2D eigenvalue weighted by molar-refractivity contribution is -0.00813. The topological polar surface area (TPSA) is 94.2 Å². The van der Waals surface area contributed by atoms with Gasteiger partial charge in [-0.3, -0.25) is 9.52 Å². The van der Waals surface area contributed by atoms with E-state index in [4.69, 9.17) is 14.2 Å². The van der Waals surface area contributed by atoms with E-state index in [1.165, 1.54) is 17.6 Å². The number of allylic oxidation sites excluding steroid dienone is 2. The van der Waals surface area contributed by atoms with E-state index in [0.29, 0.717) is 36.8 Å². The summed E-state index contributed by atoms with van der Waals surface area (Å²) < 4.78 is 42.2. The third-order valence-electron chi connectivity index (χ3n) is 5.90. The summed E-state index contributed by atoms with van der Waals surface area (Å²) in [4.78, 5) is 15.0. The van der Waals surface area contributed by atoms with E-state index in [2.05, 4.69) is 16.9 Å². The van der Waals surface area contributed by atoms with Gasteiger partial charge in [0.25, 0.3) is 5.91 Å². The number of hydrogen-bond acceptors (Lipinski definition) is 6. The molecule has 0 bridgehead atoms. The van der Waals surface area contributed by atoms with Crippen LogP contribution in [-0.4, -0.2) is 54.2 Å². The number of hydrogen-bond donors (Lipinski definition) is 1. The molecule has 0 saturated carbocycles. The maximum Gasteiger partial charge on any atom is 0.258 e. The Morgan fingerprint density at radius 1 is 1.09 bits per heavy atom. The van der Waals surface area contributed by atoms with Gasteiger partial charge in [-0.1, -0.05) is 18.2 Å². The van der Waals surface area contributed by atoms with Crippen LogP contribution in [0.15, 0.2) is 42.5 Å². The van der Waals surface area contributed by atoms with Gasteiger partial charge in [0.05, 0.1) is 25.2 Å². The predicted octanol–water partition coefficient (Wildman–Crippen LogP) is 3.83. The minimum absolute atomic E-state index is 0.0596. The molecule has 1 N–H and O–H groups in total. The quantitative estimate of drug-likeness (QED) is 0.405. The molecule has 0 unspecified atom stereocenters. The van der Waals surface area contributed by atoms with E-state index >= 15 is 0 Å². The Balaban J connectivity index is 1.55. The molecule has 0 spiro atoms. The summed E-state index contributed by atoms with van der Waals surface area (Å²) in [7, 11) is -1.99. The zero-order chi connectivity index (χ0) is 24.1. The largest absolute Gasteiger partial charge is 0.465 e. The Hall–Kier alpha value is -2.88. The summed E-state index contributed by atoms with van der Waals surface area (Å²) in [6, 6.07) is 11.1. The molecule has 0 atom stereocenters. The molecule has 4 rings (SSSR count). The highest BCUT2D eigenvalue weighted by Crippen LogP contribution is 2.34. The predicted molar refractivity (Wildman–Crippen MR) is 132 cm³/mol. The van der Waals surface area contributed by atoms with Crippen molar-refractivity contribution in [2.24, 2.45) is 0 Å². The van der Waals surface area contributed by atoms with Gasteiger partial charge < -0.3 is 19.1 Å². The van der Waals surface area contributed by atoms with Gasteiger partial charge in [0.2, 0.25) is 10.0 Å². The van der Waals surface area contributed by atoms with E-state index in [9.17, 15) is 13.2 Å². The second-order valence-electron chi connectivity index (χ2n) is 8.42. The number of amides is 1. The van der Waals surface area contributed by atoms with Gasteiger partial charge in [0.15, 0.2) is 6.79 Å². The number of sulfonamides is 1. The fourth-order valence-electron chi connectivity index (χ4n) is 4.27. The molecule has 9 heteroatoms. The zero-order valence-corrected chi connectivity index (χ0v) is 20.3. The van der Waals surface area contributed by atoms with Crippen LogP contribution in [0.25, 0.3) is 5.57 Å². The lowest BCUT2D eigenvalue weighted by Gasteiger charge is -2.29. The van der Waals surface area contributed by atoms with Crippen molar-refractivity contribution in [3.63, 3.8) is 0 Å². The maximum absolute atomic E-state index is 13.3. The number of methoxy groups -OCH3 is 1. The van der Waals surface area contributed by atoms with Crippen LogP contribution in [-0.2, 0) is 25.9 Å². The molecule has 0 saturated heterocycles. The first-order valence-electron chi connectivity index (χ1n) is 11.3. The normalized spacial score (nSPS) is 15.8. The van der Waals surface area contributed by atoms with E-state index < -0.39 is 10.0 Å². The molecule has 2 aliphatic rings. The molecule has 2 aromatic rings. The van der Waals surface area contributed by atoms with Gasteiger partial charge in [0.1, 0.15) is 5.75 Å². The van der Waals surface area contributed by atoms with Crippen molar-refractivity contribution in [1.29, 1.82) is 0 Å². The number of nitrogens with zero attached hydrogens (tertiary/aromatic N) is 1. The van der Waals surface area contributed by atoms with Gasteiger partial charge in [-0.25, -0.2) is 8.42 Å². The van der Waals surface area contributed by atoms with Crippen molar-refractivity contribution in [1.82, 2.24) is 0 Å². The maximum atomic E-state index is 13.3. The first-order chi connectivity index (χ1) is 16.4. The second kappa shape index (κ2) is 10.6. The number of rotatable bonds is 10. The van der Waals surface area contributed by atoms with Crippen LogP contribution in [0.3, 0.4) is 0 Å². The highest BCUT2D eigenvalue weighted by Gasteiger charge is 2.27. The van der Waals surface area contributed by atoms with E-state index in [1.54, 1.807) is 30.2 Å². The van der Waals surface area contributed by atoms with Crippen molar-refractivity contribution in [2.45, 2.75) is 25.7 Å². The molecular formula is C25H30N2O6S. The third-order valence-corrected chi connectivity index (χ3v) is 6.49. The highest BCUT2D eigenvalue weighted by atomic mass is 32.2.